The number of nitrogens with one attached hydrogen (secondary N) is 1. The van der Waals surface area contributed by atoms with Crippen molar-refractivity contribution >= 4 is 17.8 Å². The van der Waals surface area contributed by atoms with Crippen LogP contribution in [0.1, 0.15) is 46.8 Å². The van der Waals surface area contributed by atoms with Crippen molar-refractivity contribution in [1.29, 1.82) is 0 Å². The van der Waals surface area contributed by atoms with Crippen molar-refractivity contribution in [2.45, 2.75) is 31.8 Å². The van der Waals surface area contributed by atoms with E-state index in [9.17, 15) is 18.8 Å². The molecule has 0 unspecified atom stereocenters. The number of amides is 4. The number of likely N-dealkylation sites (tertiary alicyclic amines) is 1. The van der Waals surface area contributed by atoms with E-state index in [1.54, 1.807) is 36.4 Å². The molecule has 0 aromatic heterocycles. The zero-order valence-electron chi connectivity index (χ0n) is 15.9. The lowest BCUT2D eigenvalue weighted by Gasteiger charge is -2.31. The SMILES string of the molecule is O=C(c1ccc(CN2C(=O)C[C@H](c3cccc(F)c3)NC2=O)cc1)N1CCCC1. The second-order valence-corrected chi connectivity index (χ2v) is 7.44. The summed E-state index contributed by atoms with van der Waals surface area (Å²) < 4.78 is 13.4. The van der Waals surface area contributed by atoms with Gasteiger partial charge in [-0.25, -0.2) is 9.18 Å². The van der Waals surface area contributed by atoms with E-state index in [0.717, 1.165) is 36.4 Å². The highest BCUT2D eigenvalue weighted by Gasteiger charge is 2.33. The van der Waals surface area contributed by atoms with Crippen molar-refractivity contribution < 1.29 is 18.8 Å². The maximum Gasteiger partial charge on any atom is 0.324 e. The molecule has 0 spiro atoms. The Labute approximate surface area is 168 Å². The van der Waals surface area contributed by atoms with Crippen LogP contribution in [0.5, 0.6) is 0 Å². The summed E-state index contributed by atoms with van der Waals surface area (Å²) in [5.41, 5.74) is 1.93. The highest BCUT2D eigenvalue weighted by molar-refractivity contribution is 5.97. The van der Waals surface area contributed by atoms with E-state index < -0.39 is 17.9 Å². The van der Waals surface area contributed by atoms with Crippen molar-refractivity contribution in [2.24, 2.45) is 0 Å². The van der Waals surface area contributed by atoms with Gasteiger partial charge in [-0.15, -0.1) is 0 Å². The Morgan fingerprint density at radius 3 is 2.45 bits per heavy atom. The van der Waals surface area contributed by atoms with Crippen LogP contribution in [0, 0.1) is 5.82 Å². The Hall–Kier alpha value is -3.22. The molecule has 0 radical (unpaired) electrons. The summed E-state index contributed by atoms with van der Waals surface area (Å²) in [5.74, 6) is -0.714. The number of nitrogens with zero attached hydrogens (tertiary/aromatic N) is 2. The van der Waals surface area contributed by atoms with Gasteiger partial charge in [0.2, 0.25) is 5.91 Å². The van der Waals surface area contributed by atoms with Gasteiger partial charge in [0.25, 0.3) is 5.91 Å². The van der Waals surface area contributed by atoms with Gasteiger partial charge in [-0.3, -0.25) is 14.5 Å². The molecule has 150 valence electrons. The zero-order valence-corrected chi connectivity index (χ0v) is 15.9. The number of hydrogen-bond donors (Lipinski definition) is 1. The summed E-state index contributed by atoms with van der Waals surface area (Å²) in [6, 6.07) is 11.8. The number of hydrogen-bond acceptors (Lipinski definition) is 3. The second kappa shape index (κ2) is 8.03. The summed E-state index contributed by atoms with van der Waals surface area (Å²) >= 11 is 0. The van der Waals surface area contributed by atoms with E-state index in [1.165, 1.54) is 12.1 Å². The fourth-order valence-electron chi connectivity index (χ4n) is 3.80. The minimum atomic E-state index is -0.539. The van der Waals surface area contributed by atoms with Crippen molar-refractivity contribution in [3.63, 3.8) is 0 Å². The molecule has 2 aromatic carbocycles. The van der Waals surface area contributed by atoms with Gasteiger partial charge in [0, 0.05) is 18.7 Å². The van der Waals surface area contributed by atoms with Gasteiger partial charge < -0.3 is 10.2 Å². The van der Waals surface area contributed by atoms with Gasteiger partial charge in [0.05, 0.1) is 19.0 Å². The Kier molecular flexibility index (Phi) is 5.29. The largest absolute Gasteiger partial charge is 0.339 e. The number of carbonyl (C=O) groups is 3. The summed E-state index contributed by atoms with van der Waals surface area (Å²) in [4.78, 5) is 40.4. The number of benzene rings is 2. The molecule has 1 atom stereocenters. The normalized spacial score (nSPS) is 19.4. The molecular formula is C22H22FN3O3. The average molecular weight is 395 g/mol. The maximum absolute atomic E-state index is 13.4. The van der Waals surface area contributed by atoms with Crippen LogP contribution in [0.4, 0.5) is 9.18 Å². The van der Waals surface area contributed by atoms with E-state index in [4.69, 9.17) is 0 Å². The van der Waals surface area contributed by atoms with Crippen molar-refractivity contribution in [1.82, 2.24) is 15.1 Å². The fourth-order valence-corrected chi connectivity index (χ4v) is 3.80. The summed E-state index contributed by atoms with van der Waals surface area (Å²) in [5, 5.41) is 2.77. The first-order valence-corrected chi connectivity index (χ1v) is 9.76. The number of imide groups is 1. The van der Waals surface area contributed by atoms with Crippen molar-refractivity contribution in [2.75, 3.05) is 13.1 Å². The molecule has 4 rings (SSSR count). The molecule has 2 aliphatic heterocycles. The van der Waals surface area contributed by atoms with Gasteiger partial charge in [-0.1, -0.05) is 24.3 Å². The van der Waals surface area contributed by atoms with E-state index in [-0.39, 0.29) is 24.8 Å². The van der Waals surface area contributed by atoms with Crippen LogP contribution < -0.4 is 5.32 Å². The van der Waals surface area contributed by atoms with Gasteiger partial charge in [0.15, 0.2) is 0 Å². The van der Waals surface area contributed by atoms with Crippen LogP contribution in [0.25, 0.3) is 0 Å². The van der Waals surface area contributed by atoms with E-state index in [1.807, 2.05) is 4.90 Å². The van der Waals surface area contributed by atoms with Crippen molar-refractivity contribution in [3.05, 3.63) is 71.0 Å². The molecule has 2 aliphatic rings. The number of carbonyl (C=O) groups excluding carboxylic acids is 3. The molecular weight excluding hydrogens is 373 g/mol. The third kappa shape index (κ3) is 4.13. The van der Waals surface area contributed by atoms with Gasteiger partial charge in [0.1, 0.15) is 5.82 Å². The second-order valence-electron chi connectivity index (χ2n) is 7.44. The Morgan fingerprint density at radius 2 is 1.79 bits per heavy atom. The lowest BCUT2D eigenvalue weighted by atomic mass is 10.0. The smallest absolute Gasteiger partial charge is 0.324 e. The molecule has 2 aromatic rings. The topological polar surface area (TPSA) is 69.7 Å². The molecule has 0 aliphatic carbocycles. The van der Waals surface area contributed by atoms with Gasteiger partial charge >= 0.3 is 6.03 Å². The van der Waals surface area contributed by atoms with Gasteiger partial charge in [-0.2, -0.15) is 0 Å². The van der Waals surface area contributed by atoms with Crippen LogP contribution in [0.3, 0.4) is 0 Å². The average Bonchev–Trinajstić information content (AvgIpc) is 3.25. The zero-order chi connectivity index (χ0) is 20.4. The van der Waals surface area contributed by atoms with Crippen LogP contribution in [0.15, 0.2) is 48.5 Å². The van der Waals surface area contributed by atoms with E-state index in [2.05, 4.69) is 5.32 Å². The number of halogens is 1. The molecule has 4 amide bonds. The molecule has 7 heteroatoms. The van der Waals surface area contributed by atoms with E-state index in [0.29, 0.717) is 11.1 Å². The monoisotopic (exact) mass is 395 g/mol. The summed E-state index contributed by atoms with van der Waals surface area (Å²) in [7, 11) is 0. The van der Waals surface area contributed by atoms with Crippen LogP contribution >= 0.6 is 0 Å². The first-order valence-electron chi connectivity index (χ1n) is 9.76. The first kappa shape index (κ1) is 19.1. The first-order chi connectivity index (χ1) is 14.0. The summed E-state index contributed by atoms with van der Waals surface area (Å²) in [6.07, 6.45) is 2.14. The predicted molar refractivity (Wildman–Crippen MR) is 104 cm³/mol. The Morgan fingerprint density at radius 1 is 1.07 bits per heavy atom. The molecule has 6 nitrogen and oxygen atoms in total. The Bertz CT molecular complexity index is 921. The molecule has 2 fully saturated rings. The minimum absolute atomic E-state index is 0.0128. The standard InChI is InChI=1S/C22H22FN3O3/c23-18-5-3-4-17(12-18)19-13-20(27)26(22(29)24-19)14-15-6-8-16(9-7-15)21(28)25-10-1-2-11-25/h3-9,12,19H,1-2,10-11,13-14H2,(H,24,29)/t19-/m1/s1. The molecule has 1 N–H and O–H groups in total. The maximum atomic E-state index is 13.4. The molecule has 2 heterocycles. The molecule has 2 saturated heterocycles. The van der Waals surface area contributed by atoms with Crippen LogP contribution in [0.2, 0.25) is 0 Å². The molecule has 0 saturated carbocycles. The third-order valence-electron chi connectivity index (χ3n) is 5.41. The summed E-state index contributed by atoms with van der Waals surface area (Å²) in [6.45, 7) is 1.70. The Balaban J connectivity index is 1.41. The van der Waals surface area contributed by atoms with Crippen LogP contribution in [-0.4, -0.2) is 40.7 Å². The van der Waals surface area contributed by atoms with Gasteiger partial charge in [-0.05, 0) is 48.2 Å². The predicted octanol–water partition coefficient (Wildman–Crippen LogP) is 3.24. The third-order valence-corrected chi connectivity index (χ3v) is 5.41. The minimum Gasteiger partial charge on any atom is -0.339 e. The quantitative estimate of drug-likeness (QED) is 0.864. The molecule has 29 heavy (non-hydrogen) atoms. The lowest BCUT2D eigenvalue weighted by molar-refractivity contribution is -0.130. The highest BCUT2D eigenvalue weighted by Crippen LogP contribution is 2.24. The van der Waals surface area contributed by atoms with E-state index >= 15 is 0 Å². The lowest BCUT2D eigenvalue weighted by Crippen LogP contribution is -2.50. The van der Waals surface area contributed by atoms with Crippen molar-refractivity contribution in [3.8, 4) is 0 Å². The van der Waals surface area contributed by atoms with Crippen LogP contribution in [-0.2, 0) is 11.3 Å². The molecule has 0 bridgehead atoms. The number of rotatable bonds is 4. The highest BCUT2D eigenvalue weighted by atomic mass is 19.1. The fraction of sp³-hybridized carbons (Fsp3) is 0.318. The number of urea groups is 1.